The molecule has 0 aromatic carbocycles. The van der Waals surface area contributed by atoms with Gasteiger partial charge in [0.15, 0.2) is 0 Å². The van der Waals surface area contributed by atoms with Crippen molar-refractivity contribution < 1.29 is 0 Å². The van der Waals surface area contributed by atoms with Gasteiger partial charge in [-0.05, 0) is 44.7 Å². The largest absolute Gasteiger partial charge is 0.306 e. The van der Waals surface area contributed by atoms with Gasteiger partial charge >= 0.3 is 0 Å². The Bertz CT molecular complexity index is 294. The molecule has 78 valence electrons. The molecule has 0 unspecified atom stereocenters. The Morgan fingerprint density at radius 2 is 2.21 bits per heavy atom. The summed E-state index contributed by atoms with van der Waals surface area (Å²) in [4.78, 5) is 2.89. The van der Waals surface area contributed by atoms with Crippen LogP contribution in [-0.4, -0.2) is 5.54 Å². The van der Waals surface area contributed by atoms with E-state index in [1.165, 1.54) is 35.4 Å². The molecule has 2 heteroatoms. The molecule has 0 aliphatic heterocycles. The number of aryl methyl sites for hydroxylation is 1. The van der Waals surface area contributed by atoms with Crippen molar-refractivity contribution in [2.45, 2.75) is 51.6 Å². The maximum absolute atomic E-state index is 3.72. The minimum Gasteiger partial charge on any atom is -0.306 e. The van der Waals surface area contributed by atoms with Gasteiger partial charge in [0.25, 0.3) is 0 Å². The van der Waals surface area contributed by atoms with Crippen molar-refractivity contribution in [3.63, 3.8) is 0 Å². The molecule has 1 saturated carbocycles. The van der Waals surface area contributed by atoms with E-state index in [4.69, 9.17) is 0 Å². The van der Waals surface area contributed by atoms with E-state index in [1.807, 2.05) is 11.3 Å². The third-order valence-corrected chi connectivity index (χ3v) is 4.42. The van der Waals surface area contributed by atoms with Crippen LogP contribution in [-0.2, 0) is 6.54 Å². The predicted molar refractivity (Wildman–Crippen MR) is 62.8 cm³/mol. The third-order valence-electron chi connectivity index (χ3n) is 3.42. The molecule has 1 fully saturated rings. The minimum absolute atomic E-state index is 0.484. The highest BCUT2D eigenvalue weighted by Crippen LogP contribution is 2.35. The quantitative estimate of drug-likeness (QED) is 0.800. The molecule has 1 aliphatic rings. The number of hydrogen-bond donors (Lipinski definition) is 1. The fourth-order valence-electron chi connectivity index (χ4n) is 2.11. The maximum Gasteiger partial charge on any atom is 0.0304 e. The Hall–Kier alpha value is -0.340. The molecule has 1 nitrogen and oxygen atoms in total. The normalized spacial score (nSPS) is 19.3. The third kappa shape index (κ3) is 2.01. The summed E-state index contributed by atoms with van der Waals surface area (Å²) in [6.45, 7) is 5.53. The van der Waals surface area contributed by atoms with Crippen molar-refractivity contribution in [3.8, 4) is 0 Å². The van der Waals surface area contributed by atoms with E-state index in [1.54, 1.807) is 0 Å². The molecule has 2 rings (SSSR count). The summed E-state index contributed by atoms with van der Waals surface area (Å²) in [7, 11) is 0. The number of thiophene rings is 1. The monoisotopic (exact) mass is 209 g/mol. The van der Waals surface area contributed by atoms with Crippen molar-refractivity contribution in [3.05, 3.63) is 21.9 Å². The van der Waals surface area contributed by atoms with Crippen molar-refractivity contribution >= 4 is 11.3 Å². The average molecular weight is 209 g/mol. The van der Waals surface area contributed by atoms with Gasteiger partial charge in [-0.1, -0.05) is 6.92 Å². The van der Waals surface area contributed by atoms with Crippen molar-refractivity contribution in [2.75, 3.05) is 0 Å². The number of rotatable bonds is 4. The molecule has 0 saturated heterocycles. The molecule has 1 aromatic rings. The van der Waals surface area contributed by atoms with Crippen LogP contribution in [0.3, 0.4) is 0 Å². The second kappa shape index (κ2) is 4.03. The zero-order valence-corrected chi connectivity index (χ0v) is 9.91. The first-order valence-corrected chi connectivity index (χ1v) is 6.36. The van der Waals surface area contributed by atoms with Gasteiger partial charge < -0.3 is 5.32 Å². The summed E-state index contributed by atoms with van der Waals surface area (Å²) in [5.74, 6) is 0. The first-order chi connectivity index (χ1) is 6.74. The Labute approximate surface area is 90.5 Å². The van der Waals surface area contributed by atoms with Gasteiger partial charge in [-0.25, -0.2) is 0 Å². The van der Waals surface area contributed by atoms with E-state index in [0.29, 0.717) is 5.54 Å². The predicted octanol–water partition coefficient (Wildman–Crippen LogP) is 3.48. The fourth-order valence-corrected chi connectivity index (χ4v) is 2.94. The van der Waals surface area contributed by atoms with Gasteiger partial charge in [-0.15, -0.1) is 11.3 Å². The summed E-state index contributed by atoms with van der Waals surface area (Å²) < 4.78 is 0. The molecule has 0 amide bonds. The summed E-state index contributed by atoms with van der Waals surface area (Å²) >= 11 is 1.91. The molecule has 1 heterocycles. The Morgan fingerprint density at radius 3 is 2.64 bits per heavy atom. The van der Waals surface area contributed by atoms with Crippen LogP contribution >= 0.6 is 11.3 Å². The molecule has 0 radical (unpaired) electrons. The van der Waals surface area contributed by atoms with Gasteiger partial charge in [-0.2, -0.15) is 0 Å². The van der Waals surface area contributed by atoms with Crippen LogP contribution in [0.2, 0.25) is 0 Å². The second-order valence-corrected chi connectivity index (χ2v) is 5.73. The van der Waals surface area contributed by atoms with Crippen LogP contribution in [0.15, 0.2) is 12.1 Å². The van der Waals surface area contributed by atoms with Crippen molar-refractivity contribution in [2.24, 2.45) is 0 Å². The average Bonchev–Trinajstić information content (AvgIpc) is 2.50. The van der Waals surface area contributed by atoms with E-state index in [9.17, 15) is 0 Å². The van der Waals surface area contributed by atoms with Gasteiger partial charge in [0.1, 0.15) is 0 Å². The van der Waals surface area contributed by atoms with Gasteiger partial charge in [0.2, 0.25) is 0 Å². The lowest BCUT2D eigenvalue weighted by atomic mass is 9.75. The lowest BCUT2D eigenvalue weighted by molar-refractivity contribution is 0.176. The van der Waals surface area contributed by atoms with Crippen LogP contribution < -0.4 is 5.32 Å². The lowest BCUT2D eigenvalue weighted by Crippen LogP contribution is -2.49. The molecule has 14 heavy (non-hydrogen) atoms. The highest BCUT2D eigenvalue weighted by atomic mass is 32.1. The lowest BCUT2D eigenvalue weighted by Gasteiger charge is -2.42. The Morgan fingerprint density at radius 1 is 1.43 bits per heavy atom. The smallest absolute Gasteiger partial charge is 0.0304 e. The zero-order valence-electron chi connectivity index (χ0n) is 9.10. The molecule has 1 aromatic heterocycles. The summed E-state index contributed by atoms with van der Waals surface area (Å²) in [5, 5.41) is 3.72. The second-order valence-electron chi connectivity index (χ2n) is 4.35. The van der Waals surface area contributed by atoms with Gasteiger partial charge in [0, 0.05) is 21.8 Å². The molecular formula is C12H19NS. The summed E-state index contributed by atoms with van der Waals surface area (Å²) in [6, 6.07) is 4.45. The Balaban J connectivity index is 1.87. The molecule has 1 aliphatic carbocycles. The molecule has 0 spiro atoms. The van der Waals surface area contributed by atoms with E-state index in [0.717, 1.165) is 6.54 Å². The molecular weight excluding hydrogens is 190 g/mol. The van der Waals surface area contributed by atoms with Crippen LogP contribution in [0.5, 0.6) is 0 Å². The van der Waals surface area contributed by atoms with E-state index < -0.39 is 0 Å². The first kappa shape index (κ1) is 10.2. The molecule has 0 atom stereocenters. The zero-order chi connectivity index (χ0) is 10.0. The summed E-state index contributed by atoms with van der Waals surface area (Å²) in [5.41, 5.74) is 0.484. The summed E-state index contributed by atoms with van der Waals surface area (Å²) in [6.07, 6.45) is 5.42. The van der Waals surface area contributed by atoms with Crippen LogP contribution in [0.25, 0.3) is 0 Å². The van der Waals surface area contributed by atoms with E-state index in [2.05, 4.69) is 31.3 Å². The van der Waals surface area contributed by atoms with Gasteiger partial charge in [-0.3, -0.25) is 0 Å². The standard InChI is InChI=1S/C12H19NS/c1-3-12(7-4-8-12)13-9-11-6-5-10(2)14-11/h5-6,13H,3-4,7-9H2,1-2H3. The number of hydrogen-bond acceptors (Lipinski definition) is 2. The van der Waals surface area contributed by atoms with Crippen molar-refractivity contribution in [1.82, 2.24) is 5.32 Å². The highest BCUT2D eigenvalue weighted by Gasteiger charge is 2.34. The SMILES string of the molecule is CCC1(NCc2ccc(C)s2)CCC1. The van der Waals surface area contributed by atoms with Crippen LogP contribution in [0, 0.1) is 6.92 Å². The number of nitrogens with one attached hydrogen (secondary N) is 1. The van der Waals surface area contributed by atoms with Crippen LogP contribution in [0.4, 0.5) is 0 Å². The topological polar surface area (TPSA) is 12.0 Å². The Kier molecular flexibility index (Phi) is 2.93. The fraction of sp³-hybridized carbons (Fsp3) is 0.667. The van der Waals surface area contributed by atoms with Crippen LogP contribution in [0.1, 0.15) is 42.4 Å². The molecule has 1 N–H and O–H groups in total. The van der Waals surface area contributed by atoms with Gasteiger partial charge in [0.05, 0.1) is 0 Å². The van der Waals surface area contributed by atoms with E-state index in [-0.39, 0.29) is 0 Å². The van der Waals surface area contributed by atoms with E-state index >= 15 is 0 Å². The molecule has 0 bridgehead atoms. The minimum atomic E-state index is 0.484. The van der Waals surface area contributed by atoms with Crippen molar-refractivity contribution in [1.29, 1.82) is 0 Å². The highest BCUT2D eigenvalue weighted by molar-refractivity contribution is 7.11. The maximum atomic E-state index is 3.72. The first-order valence-electron chi connectivity index (χ1n) is 5.54.